The highest BCUT2D eigenvalue weighted by Gasteiger charge is 2.24. The van der Waals surface area contributed by atoms with Crippen molar-refractivity contribution in [3.8, 4) is 0 Å². The monoisotopic (exact) mass is 854 g/mol. The lowest BCUT2D eigenvalue weighted by atomic mass is 10.0. The van der Waals surface area contributed by atoms with E-state index in [0.29, 0.717) is 19.3 Å². The minimum atomic E-state index is -0.795. The molecule has 0 aromatic rings. The Hall–Kier alpha value is -2.44. The first-order chi connectivity index (χ1) is 30.0. The molecule has 1 amide bonds. The van der Waals surface area contributed by atoms with Crippen molar-refractivity contribution in [2.45, 2.75) is 270 Å². The van der Waals surface area contributed by atoms with Crippen LogP contribution in [0.1, 0.15) is 252 Å². The number of esters is 1. The van der Waals surface area contributed by atoms with Gasteiger partial charge >= 0.3 is 5.97 Å². The van der Waals surface area contributed by atoms with Crippen molar-refractivity contribution >= 4 is 11.9 Å². The molecule has 0 aromatic carbocycles. The molecule has 354 valence electrons. The molecule has 3 N–H and O–H groups in total. The highest BCUT2D eigenvalue weighted by atomic mass is 16.5. The maximum atomic E-state index is 13.2. The first-order valence-electron chi connectivity index (χ1n) is 26.1. The fourth-order valence-corrected chi connectivity index (χ4v) is 7.81. The number of allylic oxidation sites excluding steroid dienone is 10. The molecule has 0 aliphatic carbocycles. The number of amides is 1. The average molecular weight is 854 g/mol. The first kappa shape index (κ1) is 58.6. The van der Waals surface area contributed by atoms with Crippen LogP contribution in [0.4, 0.5) is 0 Å². The van der Waals surface area contributed by atoms with E-state index in [-0.39, 0.29) is 24.9 Å². The largest absolute Gasteiger partial charge is 0.462 e. The molecule has 61 heavy (non-hydrogen) atoms. The van der Waals surface area contributed by atoms with Crippen molar-refractivity contribution in [1.82, 2.24) is 5.32 Å². The third-order valence-corrected chi connectivity index (χ3v) is 11.7. The van der Waals surface area contributed by atoms with E-state index in [1.54, 1.807) is 0 Å². The number of carbonyl (C=O) groups excluding carboxylic acids is 2. The van der Waals surface area contributed by atoms with Crippen molar-refractivity contribution in [2.75, 3.05) is 6.61 Å². The Labute approximate surface area is 378 Å². The van der Waals surface area contributed by atoms with E-state index in [9.17, 15) is 19.8 Å². The van der Waals surface area contributed by atoms with Crippen LogP contribution >= 0.6 is 0 Å². The van der Waals surface area contributed by atoms with E-state index in [0.717, 1.165) is 70.6 Å². The van der Waals surface area contributed by atoms with E-state index in [2.05, 4.69) is 50.4 Å². The number of ether oxygens (including phenoxy) is 1. The molecule has 0 aliphatic heterocycles. The van der Waals surface area contributed by atoms with Gasteiger partial charge in [-0.3, -0.25) is 9.59 Å². The number of rotatable bonds is 46. The van der Waals surface area contributed by atoms with Gasteiger partial charge in [0.15, 0.2) is 0 Å². The Morgan fingerprint density at radius 1 is 0.492 bits per heavy atom. The number of carbonyl (C=O) groups is 2. The lowest BCUT2D eigenvalue weighted by molar-refractivity contribution is -0.151. The molecule has 0 fully saturated rings. The number of aliphatic hydroxyl groups excluding tert-OH is 2. The van der Waals surface area contributed by atoms with Crippen molar-refractivity contribution in [2.24, 2.45) is 0 Å². The Morgan fingerprint density at radius 2 is 0.885 bits per heavy atom. The second-order valence-corrected chi connectivity index (χ2v) is 17.7. The summed E-state index contributed by atoms with van der Waals surface area (Å²) in [7, 11) is 0. The zero-order valence-electron chi connectivity index (χ0n) is 40.3. The van der Waals surface area contributed by atoms with Gasteiger partial charge in [0, 0.05) is 6.42 Å². The third-order valence-electron chi connectivity index (χ3n) is 11.7. The van der Waals surface area contributed by atoms with Gasteiger partial charge in [-0.2, -0.15) is 0 Å². The summed E-state index contributed by atoms with van der Waals surface area (Å²) in [5, 5.41) is 23.8. The minimum Gasteiger partial charge on any atom is -0.462 e. The average Bonchev–Trinajstić information content (AvgIpc) is 3.25. The molecule has 0 radical (unpaired) electrons. The number of unbranched alkanes of at least 4 members (excludes halogenated alkanes) is 28. The Balaban J connectivity index is 4.64. The van der Waals surface area contributed by atoms with E-state index in [4.69, 9.17) is 4.74 Å². The summed E-state index contributed by atoms with van der Waals surface area (Å²) in [6.07, 6.45) is 59.9. The number of hydrogen-bond acceptors (Lipinski definition) is 5. The molecule has 0 spiro atoms. The van der Waals surface area contributed by atoms with Crippen LogP contribution in [0.15, 0.2) is 60.8 Å². The SMILES string of the molecule is CC/C=C/C=C/C=C\C=C/C=C/CCCCCC(=O)OC(CCCCCCCCCCCCCCCC)CC(=O)NC(CO)C(O)CCCCCCCCCCCCCCC. The van der Waals surface area contributed by atoms with Crippen LogP contribution in [0.25, 0.3) is 0 Å². The van der Waals surface area contributed by atoms with Gasteiger partial charge in [0.25, 0.3) is 0 Å². The molecule has 0 saturated carbocycles. The fraction of sp³-hybridized carbons (Fsp3) is 0.782. The highest BCUT2D eigenvalue weighted by Crippen LogP contribution is 2.18. The molecule has 6 heteroatoms. The summed E-state index contributed by atoms with van der Waals surface area (Å²) in [4.78, 5) is 26.1. The van der Waals surface area contributed by atoms with Crippen LogP contribution in [-0.2, 0) is 14.3 Å². The zero-order valence-corrected chi connectivity index (χ0v) is 40.3. The minimum absolute atomic E-state index is 0.0613. The molecular weight excluding hydrogens is 755 g/mol. The van der Waals surface area contributed by atoms with Crippen LogP contribution in [-0.4, -0.2) is 46.9 Å². The standard InChI is InChI=1S/C55H99NO5/c1-4-7-10-13-16-19-22-25-27-30-33-36-39-42-45-48-55(60)61-51(46-43-40-37-34-31-29-26-23-20-17-14-11-8-5-2)49-54(59)56-52(50-57)53(58)47-44-41-38-35-32-28-24-21-18-15-12-9-6-3/h7,10,13,16,19,22,25,27,30,33,51-53,57-58H,4-6,8-9,11-12,14-15,17-18,20-21,23-24,26,28-29,31-32,34-50H2,1-3H3,(H,56,59)/b10-7+,16-13+,22-19-,27-25-,33-30+. The molecule has 3 unspecified atom stereocenters. The molecule has 0 heterocycles. The van der Waals surface area contributed by atoms with Crippen LogP contribution in [0, 0.1) is 0 Å². The van der Waals surface area contributed by atoms with Crippen molar-refractivity contribution in [1.29, 1.82) is 0 Å². The van der Waals surface area contributed by atoms with Crippen LogP contribution < -0.4 is 5.32 Å². The van der Waals surface area contributed by atoms with Gasteiger partial charge in [-0.15, -0.1) is 0 Å². The predicted octanol–water partition coefficient (Wildman–Crippen LogP) is 15.6. The Morgan fingerprint density at radius 3 is 1.33 bits per heavy atom. The highest BCUT2D eigenvalue weighted by molar-refractivity contribution is 5.77. The van der Waals surface area contributed by atoms with Crippen LogP contribution in [0.3, 0.4) is 0 Å². The van der Waals surface area contributed by atoms with Crippen molar-refractivity contribution in [3.63, 3.8) is 0 Å². The predicted molar refractivity (Wildman–Crippen MR) is 264 cm³/mol. The summed E-state index contributed by atoms with van der Waals surface area (Å²) in [5.74, 6) is -0.516. The van der Waals surface area contributed by atoms with Crippen molar-refractivity contribution < 1.29 is 24.5 Å². The molecule has 0 bridgehead atoms. The smallest absolute Gasteiger partial charge is 0.306 e. The van der Waals surface area contributed by atoms with E-state index in [1.807, 2.05) is 36.5 Å². The molecule has 0 saturated heterocycles. The molecule has 6 nitrogen and oxygen atoms in total. The Bertz CT molecular complexity index is 1090. The first-order valence-corrected chi connectivity index (χ1v) is 26.1. The van der Waals surface area contributed by atoms with Gasteiger partial charge < -0.3 is 20.3 Å². The molecule has 3 atom stereocenters. The van der Waals surface area contributed by atoms with Crippen LogP contribution in [0.2, 0.25) is 0 Å². The summed E-state index contributed by atoms with van der Waals surface area (Å²) < 4.78 is 5.92. The van der Waals surface area contributed by atoms with E-state index < -0.39 is 18.2 Å². The molecule has 0 aliphatic rings. The second kappa shape index (κ2) is 48.6. The lowest BCUT2D eigenvalue weighted by Gasteiger charge is -2.24. The molecule has 0 aromatic heterocycles. The summed E-state index contributed by atoms with van der Waals surface area (Å²) in [6, 6.07) is -0.710. The summed E-state index contributed by atoms with van der Waals surface area (Å²) >= 11 is 0. The lowest BCUT2D eigenvalue weighted by Crippen LogP contribution is -2.46. The number of hydrogen-bond donors (Lipinski definition) is 3. The second-order valence-electron chi connectivity index (χ2n) is 17.7. The Kier molecular flexibility index (Phi) is 46.6. The van der Waals surface area contributed by atoms with Gasteiger partial charge in [0.2, 0.25) is 5.91 Å². The molecular formula is C55H99NO5. The summed E-state index contributed by atoms with van der Waals surface area (Å²) in [5.41, 5.74) is 0. The van der Waals surface area contributed by atoms with Crippen LogP contribution in [0.5, 0.6) is 0 Å². The quantitative estimate of drug-likeness (QED) is 0.0322. The topological polar surface area (TPSA) is 95.9 Å². The van der Waals surface area contributed by atoms with Crippen molar-refractivity contribution in [3.05, 3.63) is 60.8 Å². The maximum Gasteiger partial charge on any atom is 0.306 e. The number of nitrogens with one attached hydrogen (secondary N) is 1. The van der Waals surface area contributed by atoms with Gasteiger partial charge in [-0.1, -0.05) is 255 Å². The maximum absolute atomic E-state index is 13.2. The van der Waals surface area contributed by atoms with Gasteiger partial charge in [-0.05, 0) is 44.9 Å². The fourth-order valence-electron chi connectivity index (χ4n) is 7.81. The summed E-state index contributed by atoms with van der Waals surface area (Å²) in [6.45, 7) is 6.34. The zero-order chi connectivity index (χ0) is 44.5. The van der Waals surface area contributed by atoms with E-state index in [1.165, 1.54) is 135 Å². The van der Waals surface area contributed by atoms with E-state index >= 15 is 0 Å². The van der Waals surface area contributed by atoms with Gasteiger partial charge in [0.05, 0.1) is 25.2 Å². The normalized spacial score (nSPS) is 13.7. The number of aliphatic hydroxyl groups is 2. The van der Waals surface area contributed by atoms with Gasteiger partial charge in [0.1, 0.15) is 6.10 Å². The van der Waals surface area contributed by atoms with Gasteiger partial charge in [-0.25, -0.2) is 0 Å². The third kappa shape index (κ3) is 44.0. The molecule has 0 rings (SSSR count).